The fourth-order valence-electron chi connectivity index (χ4n) is 2.91. The molecule has 0 bridgehead atoms. The Morgan fingerprint density at radius 3 is 2.54 bits per heavy atom. The molecule has 0 aliphatic heterocycles. The van der Waals surface area contributed by atoms with Crippen LogP contribution in [0.2, 0.25) is 0 Å². The first-order valence-corrected chi connectivity index (χ1v) is 9.23. The van der Waals surface area contributed by atoms with Crippen molar-refractivity contribution in [2.45, 2.75) is 26.6 Å². The molecule has 5 nitrogen and oxygen atoms in total. The van der Waals surface area contributed by atoms with Crippen LogP contribution in [0.4, 0.5) is 0 Å². The van der Waals surface area contributed by atoms with Gasteiger partial charge in [-0.15, -0.1) is 0 Å². The van der Waals surface area contributed by atoms with Gasteiger partial charge in [0.05, 0.1) is 19.9 Å². The van der Waals surface area contributed by atoms with Crippen LogP contribution in [0.3, 0.4) is 0 Å². The Bertz CT molecular complexity index is 898. The minimum atomic E-state index is 0.426. The molecule has 0 radical (unpaired) electrons. The Balaban J connectivity index is 1.66. The maximum absolute atomic E-state index is 6.00. The SMILES string of the molecule is COc1ccc(OCc2ccccn2)c(CNCc2ccc(C)c(OC)c2)c1. The molecular formula is C23H26N2O3. The van der Waals surface area contributed by atoms with Crippen molar-refractivity contribution >= 4 is 0 Å². The highest BCUT2D eigenvalue weighted by atomic mass is 16.5. The molecule has 0 unspecified atom stereocenters. The molecule has 3 aromatic rings. The lowest BCUT2D eigenvalue weighted by Gasteiger charge is -2.14. The van der Waals surface area contributed by atoms with Gasteiger partial charge in [0.1, 0.15) is 23.9 Å². The van der Waals surface area contributed by atoms with E-state index >= 15 is 0 Å². The maximum atomic E-state index is 6.00. The van der Waals surface area contributed by atoms with Crippen LogP contribution in [0.25, 0.3) is 0 Å². The summed E-state index contributed by atoms with van der Waals surface area (Å²) in [5, 5.41) is 3.47. The van der Waals surface area contributed by atoms with E-state index in [-0.39, 0.29) is 0 Å². The van der Waals surface area contributed by atoms with Crippen molar-refractivity contribution in [1.82, 2.24) is 10.3 Å². The van der Waals surface area contributed by atoms with Crippen LogP contribution in [-0.2, 0) is 19.7 Å². The van der Waals surface area contributed by atoms with Crippen molar-refractivity contribution < 1.29 is 14.2 Å². The number of hydrogen-bond acceptors (Lipinski definition) is 5. The number of ether oxygens (including phenoxy) is 3. The molecule has 1 heterocycles. The number of aromatic nitrogens is 1. The van der Waals surface area contributed by atoms with Crippen molar-refractivity contribution in [3.63, 3.8) is 0 Å². The number of methoxy groups -OCH3 is 2. The molecule has 5 heteroatoms. The van der Waals surface area contributed by atoms with Gasteiger partial charge < -0.3 is 19.5 Å². The third-order valence-corrected chi connectivity index (χ3v) is 4.49. The second kappa shape index (κ2) is 9.76. The summed E-state index contributed by atoms with van der Waals surface area (Å²) in [6.07, 6.45) is 1.77. The van der Waals surface area contributed by atoms with Gasteiger partial charge in [-0.1, -0.05) is 18.2 Å². The van der Waals surface area contributed by atoms with Crippen LogP contribution in [0, 0.1) is 6.92 Å². The highest BCUT2D eigenvalue weighted by molar-refractivity contribution is 5.41. The number of pyridine rings is 1. The van der Waals surface area contributed by atoms with Gasteiger partial charge in [-0.25, -0.2) is 0 Å². The van der Waals surface area contributed by atoms with Crippen molar-refractivity contribution in [2.24, 2.45) is 0 Å². The quantitative estimate of drug-likeness (QED) is 0.602. The first-order chi connectivity index (χ1) is 13.7. The summed E-state index contributed by atoms with van der Waals surface area (Å²) in [6.45, 7) is 3.85. The number of nitrogens with zero attached hydrogens (tertiary/aromatic N) is 1. The lowest BCUT2D eigenvalue weighted by atomic mass is 10.1. The van der Waals surface area contributed by atoms with Gasteiger partial charge in [0.25, 0.3) is 0 Å². The van der Waals surface area contributed by atoms with Gasteiger partial charge >= 0.3 is 0 Å². The normalized spacial score (nSPS) is 10.5. The van der Waals surface area contributed by atoms with E-state index in [1.54, 1.807) is 20.4 Å². The van der Waals surface area contributed by atoms with E-state index in [1.165, 1.54) is 5.56 Å². The smallest absolute Gasteiger partial charge is 0.130 e. The first kappa shape index (κ1) is 19.7. The van der Waals surface area contributed by atoms with E-state index < -0.39 is 0 Å². The lowest BCUT2D eigenvalue weighted by Crippen LogP contribution is -2.14. The third kappa shape index (κ3) is 5.24. The predicted octanol–water partition coefficient (Wildman–Crippen LogP) is 4.28. The second-order valence-electron chi connectivity index (χ2n) is 6.49. The van der Waals surface area contributed by atoms with Gasteiger partial charge in [0.2, 0.25) is 0 Å². The molecule has 0 aliphatic carbocycles. The van der Waals surface area contributed by atoms with Gasteiger partial charge in [-0.2, -0.15) is 0 Å². The van der Waals surface area contributed by atoms with Crippen molar-refractivity contribution in [3.8, 4) is 17.2 Å². The minimum absolute atomic E-state index is 0.426. The topological polar surface area (TPSA) is 52.6 Å². The summed E-state index contributed by atoms with van der Waals surface area (Å²) in [5.41, 5.74) is 4.23. The van der Waals surface area contributed by atoms with Crippen LogP contribution in [0.15, 0.2) is 60.8 Å². The van der Waals surface area contributed by atoms with Crippen molar-refractivity contribution in [1.29, 1.82) is 0 Å². The summed E-state index contributed by atoms with van der Waals surface area (Å²) in [6, 6.07) is 17.9. The highest BCUT2D eigenvalue weighted by Gasteiger charge is 2.08. The third-order valence-electron chi connectivity index (χ3n) is 4.49. The summed E-state index contributed by atoms with van der Waals surface area (Å²) in [5.74, 6) is 2.53. The molecule has 0 spiro atoms. The summed E-state index contributed by atoms with van der Waals surface area (Å²) in [7, 11) is 3.36. The van der Waals surface area contributed by atoms with E-state index in [0.29, 0.717) is 13.2 Å². The number of aryl methyl sites for hydroxylation is 1. The fraction of sp³-hybridized carbons (Fsp3) is 0.261. The molecule has 3 rings (SSSR count). The molecule has 146 valence electrons. The molecule has 0 atom stereocenters. The van der Waals surface area contributed by atoms with E-state index in [4.69, 9.17) is 14.2 Å². The van der Waals surface area contributed by atoms with Gasteiger partial charge in [0.15, 0.2) is 0 Å². The van der Waals surface area contributed by atoms with E-state index in [2.05, 4.69) is 28.5 Å². The molecule has 2 aromatic carbocycles. The molecule has 1 N–H and O–H groups in total. The van der Waals surface area contributed by atoms with E-state index in [0.717, 1.165) is 40.6 Å². The summed E-state index contributed by atoms with van der Waals surface area (Å²) in [4.78, 5) is 4.31. The van der Waals surface area contributed by atoms with Gasteiger partial charge in [-0.3, -0.25) is 4.98 Å². The Morgan fingerprint density at radius 1 is 0.893 bits per heavy atom. The molecule has 0 aliphatic rings. The molecule has 0 saturated heterocycles. The van der Waals surface area contributed by atoms with Crippen LogP contribution in [0.1, 0.15) is 22.4 Å². The van der Waals surface area contributed by atoms with Crippen LogP contribution >= 0.6 is 0 Å². The van der Waals surface area contributed by atoms with Crippen LogP contribution < -0.4 is 19.5 Å². The Hall–Kier alpha value is -3.05. The lowest BCUT2D eigenvalue weighted by molar-refractivity contribution is 0.296. The van der Waals surface area contributed by atoms with Crippen molar-refractivity contribution in [2.75, 3.05) is 14.2 Å². The molecule has 0 fully saturated rings. The Labute approximate surface area is 166 Å². The highest BCUT2D eigenvalue weighted by Crippen LogP contribution is 2.25. The zero-order valence-electron chi connectivity index (χ0n) is 16.6. The maximum Gasteiger partial charge on any atom is 0.130 e. The average Bonchev–Trinajstić information content (AvgIpc) is 2.74. The minimum Gasteiger partial charge on any atom is -0.497 e. The molecule has 0 saturated carbocycles. The van der Waals surface area contributed by atoms with Gasteiger partial charge in [0, 0.05) is 24.8 Å². The number of hydrogen-bond donors (Lipinski definition) is 1. The number of rotatable bonds is 9. The predicted molar refractivity (Wildman–Crippen MR) is 110 cm³/mol. The number of benzene rings is 2. The van der Waals surface area contributed by atoms with E-state index in [9.17, 15) is 0 Å². The second-order valence-corrected chi connectivity index (χ2v) is 6.49. The largest absolute Gasteiger partial charge is 0.497 e. The van der Waals surface area contributed by atoms with Crippen LogP contribution in [0.5, 0.6) is 17.2 Å². The van der Waals surface area contributed by atoms with Crippen LogP contribution in [-0.4, -0.2) is 19.2 Å². The fourth-order valence-corrected chi connectivity index (χ4v) is 2.91. The first-order valence-electron chi connectivity index (χ1n) is 9.23. The number of nitrogens with one attached hydrogen (secondary N) is 1. The van der Waals surface area contributed by atoms with E-state index in [1.807, 2.05) is 43.3 Å². The Kier molecular flexibility index (Phi) is 6.87. The molecule has 0 amide bonds. The summed E-state index contributed by atoms with van der Waals surface area (Å²) < 4.78 is 16.8. The average molecular weight is 378 g/mol. The standard InChI is InChI=1S/C23H26N2O3/c1-17-7-8-18(12-23(17)27-3)14-24-15-19-13-21(26-2)9-10-22(19)28-16-20-6-4-5-11-25-20/h4-13,24H,14-16H2,1-3H3. The molecule has 28 heavy (non-hydrogen) atoms. The van der Waals surface area contributed by atoms with Crippen molar-refractivity contribution in [3.05, 3.63) is 83.2 Å². The zero-order chi connectivity index (χ0) is 19.8. The molecule has 1 aromatic heterocycles. The zero-order valence-corrected chi connectivity index (χ0v) is 16.6. The van der Waals surface area contributed by atoms with Gasteiger partial charge in [-0.05, 0) is 54.4 Å². The summed E-state index contributed by atoms with van der Waals surface area (Å²) >= 11 is 0. The Morgan fingerprint density at radius 2 is 1.79 bits per heavy atom. The monoisotopic (exact) mass is 378 g/mol. The molecular weight excluding hydrogens is 352 g/mol.